The molecule has 3 aromatic carbocycles. The van der Waals surface area contributed by atoms with Gasteiger partial charge in [0.2, 0.25) is 5.82 Å². The van der Waals surface area contributed by atoms with Gasteiger partial charge in [-0.1, -0.05) is 108 Å². The summed E-state index contributed by atoms with van der Waals surface area (Å²) in [5, 5.41) is 0. The van der Waals surface area contributed by atoms with Gasteiger partial charge in [0.25, 0.3) is 0 Å². The molecule has 0 bridgehead atoms. The molecule has 2 unspecified atom stereocenters. The smallest absolute Gasteiger partial charge is 0.201 e. The molecule has 0 N–H and O–H groups in total. The van der Waals surface area contributed by atoms with Crippen molar-refractivity contribution in [2.24, 2.45) is 0 Å². The van der Waals surface area contributed by atoms with Crippen LogP contribution in [0.15, 0.2) is 54.6 Å². The maximum Gasteiger partial charge on any atom is 0.201 e. The fourth-order valence-electron chi connectivity index (χ4n) is 5.87. The Morgan fingerprint density at radius 1 is 0.690 bits per heavy atom. The summed E-state index contributed by atoms with van der Waals surface area (Å²) in [4.78, 5) is 0. The van der Waals surface area contributed by atoms with Crippen molar-refractivity contribution in [1.29, 1.82) is 0 Å². The third-order valence-electron chi connectivity index (χ3n) is 8.52. The van der Waals surface area contributed by atoms with Crippen molar-refractivity contribution in [3.05, 3.63) is 77.6 Å². The highest BCUT2D eigenvalue weighted by Crippen LogP contribution is 2.35. The lowest BCUT2D eigenvalue weighted by Crippen LogP contribution is -2.24. The molecule has 0 spiro atoms. The van der Waals surface area contributed by atoms with Crippen LogP contribution in [0.2, 0.25) is 0 Å². The average Bonchev–Trinajstić information content (AvgIpc) is 3.01. The van der Waals surface area contributed by atoms with E-state index in [2.05, 4.69) is 13.8 Å². The van der Waals surface area contributed by atoms with Crippen molar-refractivity contribution >= 4 is 0 Å². The molecule has 3 aromatic rings. The minimum absolute atomic E-state index is 0.0589. The van der Waals surface area contributed by atoms with Crippen molar-refractivity contribution in [3.63, 3.8) is 0 Å². The number of unbranched alkanes of at least 4 members (excludes halogenated alkanes) is 8. The van der Waals surface area contributed by atoms with Crippen LogP contribution in [0, 0.1) is 17.5 Å². The Morgan fingerprint density at radius 2 is 1.33 bits per heavy atom. The van der Waals surface area contributed by atoms with Crippen LogP contribution in [0.5, 0.6) is 5.75 Å². The zero-order valence-electron chi connectivity index (χ0n) is 25.4. The van der Waals surface area contributed by atoms with Gasteiger partial charge in [-0.15, -0.1) is 0 Å². The first kappa shape index (κ1) is 32.1. The monoisotopic (exact) mass is 580 g/mol. The Labute approximate surface area is 250 Å². The molecule has 0 aromatic heterocycles. The third-order valence-corrected chi connectivity index (χ3v) is 8.52. The molecule has 0 amide bonds. The largest absolute Gasteiger partial charge is 0.490 e. The molecule has 1 heterocycles. The van der Waals surface area contributed by atoms with E-state index in [1.54, 1.807) is 36.4 Å². The number of hydrogen-bond acceptors (Lipinski definition) is 2. The molecule has 0 radical (unpaired) electrons. The lowest BCUT2D eigenvalue weighted by Gasteiger charge is -2.29. The SMILES string of the molecule is CCCCCCCCCOc1ccc(-c2ccc(-c3ccc(C4CCC(CCCCC)OC4)cc3F)cc2)c(F)c1F. The van der Waals surface area contributed by atoms with E-state index >= 15 is 4.39 Å². The second-order valence-electron chi connectivity index (χ2n) is 11.8. The maximum atomic E-state index is 15.2. The van der Waals surface area contributed by atoms with Gasteiger partial charge in [-0.2, -0.15) is 4.39 Å². The Kier molecular flexibility index (Phi) is 12.8. The number of ether oxygens (including phenoxy) is 2. The molecule has 1 aliphatic rings. The summed E-state index contributed by atoms with van der Waals surface area (Å²) in [6, 6.07) is 15.4. The van der Waals surface area contributed by atoms with E-state index in [4.69, 9.17) is 9.47 Å². The zero-order chi connectivity index (χ0) is 29.7. The third kappa shape index (κ3) is 8.86. The lowest BCUT2D eigenvalue weighted by atomic mass is 9.89. The van der Waals surface area contributed by atoms with Crippen molar-refractivity contribution in [2.45, 2.75) is 109 Å². The molecule has 4 rings (SSSR count). The predicted octanol–water partition coefficient (Wildman–Crippen LogP) is 11.4. The van der Waals surface area contributed by atoms with Crippen LogP contribution in [0.4, 0.5) is 13.2 Å². The first-order valence-corrected chi connectivity index (χ1v) is 16.1. The van der Waals surface area contributed by atoms with Gasteiger partial charge in [0.1, 0.15) is 5.82 Å². The summed E-state index contributed by atoms with van der Waals surface area (Å²) in [5.74, 6) is -2.04. The molecule has 0 aliphatic carbocycles. The van der Waals surface area contributed by atoms with Crippen molar-refractivity contribution in [1.82, 2.24) is 0 Å². The van der Waals surface area contributed by atoms with E-state index < -0.39 is 11.6 Å². The first-order valence-electron chi connectivity index (χ1n) is 16.1. The minimum atomic E-state index is -0.972. The maximum absolute atomic E-state index is 15.2. The van der Waals surface area contributed by atoms with E-state index in [0.29, 0.717) is 36.0 Å². The average molecular weight is 581 g/mol. The molecule has 228 valence electrons. The number of hydrogen-bond donors (Lipinski definition) is 0. The fraction of sp³-hybridized carbons (Fsp3) is 0.514. The first-order chi connectivity index (χ1) is 20.5. The van der Waals surface area contributed by atoms with Crippen molar-refractivity contribution < 1.29 is 22.6 Å². The molecular formula is C37H47F3O2. The molecule has 1 fully saturated rings. The fourth-order valence-corrected chi connectivity index (χ4v) is 5.87. The van der Waals surface area contributed by atoms with Crippen molar-refractivity contribution in [3.8, 4) is 28.0 Å². The highest BCUT2D eigenvalue weighted by molar-refractivity contribution is 5.71. The summed E-state index contributed by atoms with van der Waals surface area (Å²) in [7, 11) is 0. The second-order valence-corrected chi connectivity index (χ2v) is 11.8. The summed E-state index contributed by atoms with van der Waals surface area (Å²) in [6.07, 6.45) is 15.0. The van der Waals surface area contributed by atoms with Gasteiger partial charge in [-0.25, -0.2) is 8.78 Å². The zero-order valence-corrected chi connectivity index (χ0v) is 25.4. The van der Waals surface area contributed by atoms with Gasteiger partial charge in [0, 0.05) is 17.0 Å². The summed E-state index contributed by atoms with van der Waals surface area (Å²) in [6.45, 7) is 5.41. The minimum Gasteiger partial charge on any atom is -0.490 e. The molecule has 5 heteroatoms. The number of halogens is 3. The van der Waals surface area contributed by atoms with E-state index in [-0.39, 0.29) is 23.0 Å². The van der Waals surface area contributed by atoms with Gasteiger partial charge in [0.05, 0.1) is 19.3 Å². The molecule has 42 heavy (non-hydrogen) atoms. The molecule has 1 aliphatic heterocycles. The van der Waals surface area contributed by atoms with Crippen LogP contribution in [0.3, 0.4) is 0 Å². The van der Waals surface area contributed by atoms with Crippen LogP contribution < -0.4 is 4.74 Å². The van der Waals surface area contributed by atoms with Crippen LogP contribution in [0.25, 0.3) is 22.3 Å². The van der Waals surface area contributed by atoms with Crippen LogP contribution in [-0.4, -0.2) is 19.3 Å². The van der Waals surface area contributed by atoms with Gasteiger partial charge in [-0.3, -0.25) is 0 Å². The Morgan fingerprint density at radius 3 is 2.00 bits per heavy atom. The second kappa shape index (κ2) is 16.7. The summed E-state index contributed by atoms with van der Waals surface area (Å²) >= 11 is 0. The number of rotatable bonds is 16. The highest BCUT2D eigenvalue weighted by Gasteiger charge is 2.23. The molecule has 2 nitrogen and oxygen atoms in total. The van der Waals surface area contributed by atoms with E-state index in [0.717, 1.165) is 44.1 Å². The normalized spacial score (nSPS) is 17.0. The van der Waals surface area contributed by atoms with E-state index in [1.807, 2.05) is 12.1 Å². The lowest BCUT2D eigenvalue weighted by molar-refractivity contribution is -0.00211. The Hall–Kier alpha value is -2.79. The standard InChI is InChI=1S/C37H47F3O2/c1-3-5-7-8-9-10-12-24-41-35-23-22-33(36(39)37(35)40)28-16-14-27(15-17-28)32-21-19-29(25-34(32)38)30-18-20-31(42-26-30)13-11-6-4-2/h14-17,19,21-23,25,30-31H,3-13,18,20,24,26H2,1-2H3. The quantitative estimate of drug-likeness (QED) is 0.157. The Bertz CT molecular complexity index is 1230. The van der Waals surface area contributed by atoms with Crippen LogP contribution in [-0.2, 0) is 4.74 Å². The van der Waals surface area contributed by atoms with Crippen LogP contribution in [0.1, 0.15) is 109 Å². The molecule has 2 atom stereocenters. The predicted molar refractivity (Wildman–Crippen MR) is 167 cm³/mol. The summed E-state index contributed by atoms with van der Waals surface area (Å²) < 4.78 is 56.6. The van der Waals surface area contributed by atoms with Gasteiger partial charge in [0.15, 0.2) is 11.6 Å². The molecule has 1 saturated heterocycles. The van der Waals surface area contributed by atoms with Crippen molar-refractivity contribution in [2.75, 3.05) is 13.2 Å². The summed E-state index contributed by atoms with van der Waals surface area (Å²) in [5.41, 5.74) is 2.82. The highest BCUT2D eigenvalue weighted by atomic mass is 19.2. The van der Waals surface area contributed by atoms with E-state index in [9.17, 15) is 8.78 Å². The van der Waals surface area contributed by atoms with E-state index in [1.165, 1.54) is 51.0 Å². The van der Waals surface area contributed by atoms with Gasteiger partial charge >= 0.3 is 0 Å². The molecular weight excluding hydrogens is 533 g/mol. The Balaban J connectivity index is 1.33. The number of benzene rings is 3. The topological polar surface area (TPSA) is 18.5 Å². The van der Waals surface area contributed by atoms with Gasteiger partial charge in [-0.05, 0) is 60.6 Å². The van der Waals surface area contributed by atoms with Gasteiger partial charge < -0.3 is 9.47 Å². The van der Waals surface area contributed by atoms with Crippen LogP contribution >= 0.6 is 0 Å². The molecule has 0 saturated carbocycles.